The zero-order chi connectivity index (χ0) is 79.0. The summed E-state index contributed by atoms with van der Waals surface area (Å²) in [6.07, 6.45) is 78.6. The van der Waals surface area contributed by atoms with Crippen LogP contribution >= 0.6 is 15.6 Å². The first-order chi connectivity index (χ1) is 52.5. The summed E-state index contributed by atoms with van der Waals surface area (Å²) in [5, 5.41) is 10.7. The summed E-state index contributed by atoms with van der Waals surface area (Å²) in [4.78, 5) is 73.3. The van der Waals surface area contributed by atoms with E-state index in [1.54, 1.807) is 0 Å². The first kappa shape index (κ1) is 106. The van der Waals surface area contributed by atoms with Gasteiger partial charge in [-0.2, -0.15) is 0 Å². The Balaban J connectivity index is 5.26. The van der Waals surface area contributed by atoms with E-state index >= 15 is 0 Å². The lowest BCUT2D eigenvalue weighted by Gasteiger charge is -2.21. The SMILES string of the molecule is CCCCCC/C=C\C=C/CCCCCCCC(=O)O[C@H](COC(=O)CCCCCCCCCCCCCC)COP(=O)(O)OC[C@H](O)COP(=O)(O)OC[C@@H](COC(=O)CCCCCCCCCCCCCCCCCCC(C)C)OC(=O)CCCCCCCCCCCCCCCCCCCCCCCC. The third kappa shape index (κ3) is 81.6. The minimum atomic E-state index is -4.97. The van der Waals surface area contributed by atoms with Crippen molar-refractivity contribution in [1.82, 2.24) is 0 Å². The quantitative estimate of drug-likeness (QED) is 0.0169. The molecule has 17 nitrogen and oxygen atoms in total. The van der Waals surface area contributed by atoms with Crippen LogP contribution in [0.4, 0.5) is 0 Å². The van der Waals surface area contributed by atoms with Gasteiger partial charge in [0.05, 0.1) is 26.4 Å². The second-order valence-electron chi connectivity index (χ2n) is 31.8. The first-order valence-corrected chi connectivity index (χ1v) is 48.4. The number of aliphatic hydroxyl groups excluding tert-OH is 1. The summed E-state index contributed by atoms with van der Waals surface area (Å²) in [7, 11) is -9.94. The van der Waals surface area contributed by atoms with Crippen LogP contribution in [-0.2, 0) is 65.4 Å². The van der Waals surface area contributed by atoms with Gasteiger partial charge < -0.3 is 33.8 Å². The van der Waals surface area contributed by atoms with Gasteiger partial charge in [0.15, 0.2) is 12.2 Å². The summed E-state index contributed by atoms with van der Waals surface area (Å²) in [6.45, 7) is 7.34. The molecule has 0 aromatic rings. The van der Waals surface area contributed by atoms with Crippen molar-refractivity contribution in [3.8, 4) is 0 Å². The molecule has 0 aliphatic heterocycles. The molecule has 0 amide bonds. The van der Waals surface area contributed by atoms with Crippen LogP contribution in [-0.4, -0.2) is 96.7 Å². The van der Waals surface area contributed by atoms with Gasteiger partial charge in [-0.1, -0.05) is 406 Å². The third-order valence-electron chi connectivity index (χ3n) is 20.4. The predicted octanol–water partition coefficient (Wildman–Crippen LogP) is 27.1. The van der Waals surface area contributed by atoms with E-state index in [4.69, 9.17) is 37.0 Å². The van der Waals surface area contributed by atoms with Crippen molar-refractivity contribution in [3.05, 3.63) is 24.3 Å². The maximum absolute atomic E-state index is 13.2. The van der Waals surface area contributed by atoms with Crippen molar-refractivity contribution < 1.29 is 80.2 Å². The van der Waals surface area contributed by atoms with Gasteiger partial charge in [0.1, 0.15) is 19.3 Å². The number of phosphoric ester groups is 2. The molecule has 19 heteroatoms. The lowest BCUT2D eigenvalue weighted by Crippen LogP contribution is -2.30. The summed E-state index contributed by atoms with van der Waals surface area (Å²) >= 11 is 0. The van der Waals surface area contributed by atoms with Crippen molar-refractivity contribution in [2.45, 2.75) is 477 Å². The number of ether oxygens (including phenoxy) is 4. The Morgan fingerprint density at radius 1 is 0.287 bits per heavy atom. The molecule has 0 saturated heterocycles. The fraction of sp³-hybridized carbons (Fsp3) is 0.910. The van der Waals surface area contributed by atoms with E-state index in [1.807, 2.05) is 0 Å². The number of esters is 4. The number of carbonyl (C=O) groups excluding carboxylic acids is 4. The zero-order valence-corrected chi connectivity index (χ0v) is 72.3. The maximum atomic E-state index is 13.2. The van der Waals surface area contributed by atoms with Crippen molar-refractivity contribution in [2.24, 2.45) is 5.92 Å². The molecule has 0 radical (unpaired) electrons. The number of unbranched alkanes of at least 4 members (excludes halogenated alkanes) is 56. The van der Waals surface area contributed by atoms with Crippen LogP contribution < -0.4 is 0 Å². The van der Waals surface area contributed by atoms with Gasteiger partial charge in [-0.3, -0.25) is 37.3 Å². The molecular formula is C89H170O17P2. The molecule has 0 saturated carbocycles. The molecule has 0 rings (SSSR count). The lowest BCUT2D eigenvalue weighted by molar-refractivity contribution is -0.161. The van der Waals surface area contributed by atoms with Gasteiger partial charge in [0.25, 0.3) is 0 Å². The van der Waals surface area contributed by atoms with Gasteiger partial charge in [-0.25, -0.2) is 9.13 Å². The molecule has 0 aromatic carbocycles. The first-order valence-electron chi connectivity index (χ1n) is 45.5. The summed E-state index contributed by atoms with van der Waals surface area (Å²) < 4.78 is 68.9. The molecule has 108 heavy (non-hydrogen) atoms. The maximum Gasteiger partial charge on any atom is 0.472 e. The van der Waals surface area contributed by atoms with Crippen LogP contribution in [0.1, 0.15) is 458 Å². The molecule has 0 bridgehead atoms. The summed E-state index contributed by atoms with van der Waals surface area (Å²) in [6, 6.07) is 0. The summed E-state index contributed by atoms with van der Waals surface area (Å²) in [5.41, 5.74) is 0. The number of hydrogen-bond donors (Lipinski definition) is 3. The molecule has 0 heterocycles. The molecule has 3 N–H and O–H groups in total. The Bertz CT molecular complexity index is 2140. The van der Waals surface area contributed by atoms with Gasteiger partial charge in [0.2, 0.25) is 0 Å². The topological polar surface area (TPSA) is 237 Å². The van der Waals surface area contributed by atoms with Crippen molar-refractivity contribution in [3.63, 3.8) is 0 Å². The molecule has 2 unspecified atom stereocenters. The molecule has 0 aliphatic carbocycles. The number of hydrogen-bond acceptors (Lipinski definition) is 15. The fourth-order valence-corrected chi connectivity index (χ4v) is 15.0. The molecule has 638 valence electrons. The number of rotatable bonds is 87. The zero-order valence-electron chi connectivity index (χ0n) is 70.5. The molecule has 0 aromatic heterocycles. The monoisotopic (exact) mass is 1570 g/mol. The summed E-state index contributed by atoms with van der Waals surface area (Å²) in [5.74, 6) is -1.32. The van der Waals surface area contributed by atoms with Crippen LogP contribution in [0.2, 0.25) is 0 Å². The van der Waals surface area contributed by atoms with Gasteiger partial charge in [-0.15, -0.1) is 0 Å². The standard InChI is InChI=1S/C89H170O17P2/c1-6-9-12-15-18-21-24-27-29-30-31-32-33-34-35-41-45-50-55-60-65-70-75-89(94)106-85(79-100-87(92)73-68-63-58-53-48-43-40-37-36-39-42-46-51-56-61-66-71-82(4)5)81-104-108(97,98)102-77-83(90)76-101-107(95,96)103-80-84(78-99-86(91)72-67-62-57-52-47-26-23-20-17-14-11-8-3)105-88(93)74-69-64-59-54-49-44-38-28-25-22-19-16-13-10-7-2/h22,25,28,38,82-85,90H,6-21,23-24,26-27,29-37,39-81H2,1-5H3,(H,95,96)(H,97,98)/b25-22-,38-28-/t83-,84+,85+/m0/s1. The number of allylic oxidation sites excluding steroid dienone is 4. The highest BCUT2D eigenvalue weighted by molar-refractivity contribution is 7.47. The Morgan fingerprint density at radius 3 is 0.759 bits per heavy atom. The smallest absolute Gasteiger partial charge is 0.462 e. The Labute approximate surface area is 663 Å². The highest BCUT2D eigenvalue weighted by Gasteiger charge is 2.30. The van der Waals surface area contributed by atoms with E-state index in [9.17, 15) is 43.2 Å². The lowest BCUT2D eigenvalue weighted by atomic mass is 10.0. The molecule has 5 atom stereocenters. The number of carbonyl (C=O) groups is 4. The molecular weight excluding hydrogens is 1400 g/mol. The largest absolute Gasteiger partial charge is 0.472 e. The normalized spacial score (nSPS) is 13.9. The highest BCUT2D eigenvalue weighted by atomic mass is 31.2. The molecule has 0 aliphatic rings. The minimum absolute atomic E-state index is 0.0859. The van der Waals surface area contributed by atoms with Crippen molar-refractivity contribution >= 4 is 39.5 Å². The van der Waals surface area contributed by atoms with Gasteiger partial charge >= 0.3 is 39.5 Å². The average Bonchev–Trinajstić information content (AvgIpc) is 0.898. The van der Waals surface area contributed by atoms with E-state index in [2.05, 4.69) is 58.9 Å². The predicted molar refractivity (Wildman–Crippen MR) is 446 cm³/mol. The van der Waals surface area contributed by atoms with E-state index in [0.717, 1.165) is 109 Å². The van der Waals surface area contributed by atoms with Crippen LogP contribution in [0.25, 0.3) is 0 Å². The average molecular weight is 1570 g/mol. The Hall–Kier alpha value is -2.46. The second kappa shape index (κ2) is 81.1. The van der Waals surface area contributed by atoms with Gasteiger partial charge in [0, 0.05) is 25.7 Å². The minimum Gasteiger partial charge on any atom is -0.462 e. The Kier molecular flexibility index (Phi) is 79.3. The fourth-order valence-electron chi connectivity index (χ4n) is 13.5. The second-order valence-corrected chi connectivity index (χ2v) is 34.7. The van der Waals surface area contributed by atoms with Crippen LogP contribution in [0.5, 0.6) is 0 Å². The van der Waals surface area contributed by atoms with Crippen LogP contribution in [0.3, 0.4) is 0 Å². The van der Waals surface area contributed by atoms with Crippen molar-refractivity contribution in [1.29, 1.82) is 0 Å². The van der Waals surface area contributed by atoms with E-state index in [0.29, 0.717) is 25.7 Å². The van der Waals surface area contributed by atoms with E-state index in [1.165, 1.54) is 270 Å². The highest BCUT2D eigenvalue weighted by Crippen LogP contribution is 2.45. The third-order valence-corrected chi connectivity index (χ3v) is 22.3. The Morgan fingerprint density at radius 2 is 0.500 bits per heavy atom. The van der Waals surface area contributed by atoms with E-state index < -0.39 is 97.5 Å². The van der Waals surface area contributed by atoms with Crippen molar-refractivity contribution in [2.75, 3.05) is 39.6 Å². The molecule has 0 fully saturated rings. The van der Waals surface area contributed by atoms with E-state index in [-0.39, 0.29) is 25.7 Å². The van der Waals surface area contributed by atoms with Crippen LogP contribution in [0, 0.1) is 5.92 Å². The van der Waals surface area contributed by atoms with Crippen LogP contribution in [0.15, 0.2) is 24.3 Å². The van der Waals surface area contributed by atoms with Gasteiger partial charge in [-0.05, 0) is 57.3 Å². The molecule has 0 spiro atoms. The number of phosphoric acid groups is 2. The number of aliphatic hydroxyl groups is 1.